The van der Waals surface area contributed by atoms with Crippen LogP contribution in [0.2, 0.25) is 0 Å². The quantitative estimate of drug-likeness (QED) is 0.679. The average Bonchev–Trinajstić information content (AvgIpc) is 2.63. The van der Waals surface area contributed by atoms with Gasteiger partial charge in [0.1, 0.15) is 0 Å². The van der Waals surface area contributed by atoms with Crippen molar-refractivity contribution < 1.29 is 0 Å². The van der Waals surface area contributed by atoms with Crippen LogP contribution in [0.4, 0.5) is 0 Å². The third kappa shape index (κ3) is 3.55. The molecule has 2 N–H and O–H groups in total. The molecule has 12 heavy (non-hydrogen) atoms. The first-order chi connectivity index (χ1) is 5.53. The molecule has 0 aromatic rings. The van der Waals surface area contributed by atoms with E-state index in [1.807, 2.05) is 0 Å². The van der Waals surface area contributed by atoms with Crippen molar-refractivity contribution in [2.75, 3.05) is 13.1 Å². The minimum Gasteiger partial charge on any atom is -0.324 e. The van der Waals surface area contributed by atoms with Crippen LogP contribution in [-0.2, 0) is 0 Å². The van der Waals surface area contributed by atoms with Gasteiger partial charge in [0.25, 0.3) is 0 Å². The largest absolute Gasteiger partial charge is 0.324 e. The maximum Gasteiger partial charge on any atom is 0.0226 e. The predicted molar refractivity (Wildman–Crippen MR) is 53.2 cm³/mol. The van der Waals surface area contributed by atoms with Crippen LogP contribution < -0.4 is 5.73 Å². The smallest absolute Gasteiger partial charge is 0.0226 e. The van der Waals surface area contributed by atoms with E-state index < -0.39 is 0 Å². The van der Waals surface area contributed by atoms with Crippen LogP contribution in [0.5, 0.6) is 0 Å². The normalized spacial score (nSPS) is 18.8. The Bertz CT molecular complexity index is 133. The van der Waals surface area contributed by atoms with E-state index in [9.17, 15) is 0 Å². The summed E-state index contributed by atoms with van der Waals surface area (Å²) in [5.74, 6) is 0. The molecule has 0 bridgehead atoms. The lowest BCUT2D eigenvalue weighted by Gasteiger charge is -2.29. The van der Waals surface area contributed by atoms with Gasteiger partial charge in [0.15, 0.2) is 0 Å². The van der Waals surface area contributed by atoms with Crippen LogP contribution in [0.15, 0.2) is 0 Å². The summed E-state index contributed by atoms with van der Waals surface area (Å²) in [4.78, 5) is 2.54. The topological polar surface area (TPSA) is 29.3 Å². The zero-order chi connectivity index (χ0) is 9.19. The Morgan fingerprint density at radius 3 is 2.33 bits per heavy atom. The molecule has 0 saturated heterocycles. The van der Waals surface area contributed by atoms with Gasteiger partial charge >= 0.3 is 0 Å². The van der Waals surface area contributed by atoms with Crippen LogP contribution >= 0.6 is 0 Å². The lowest BCUT2D eigenvalue weighted by molar-refractivity contribution is 0.216. The predicted octanol–water partition coefficient (Wildman–Crippen LogP) is 1.60. The maximum atomic E-state index is 5.99. The molecule has 0 aromatic heterocycles. The van der Waals surface area contributed by atoms with E-state index in [1.54, 1.807) is 0 Å². The Hall–Kier alpha value is -0.0800. The highest BCUT2D eigenvalue weighted by atomic mass is 15.2. The first-order valence-electron chi connectivity index (χ1n) is 5.06. The van der Waals surface area contributed by atoms with Crippen molar-refractivity contribution in [2.24, 2.45) is 5.73 Å². The van der Waals surface area contributed by atoms with E-state index in [0.717, 1.165) is 12.6 Å². The van der Waals surface area contributed by atoms with Gasteiger partial charge < -0.3 is 5.73 Å². The average molecular weight is 170 g/mol. The molecule has 0 amide bonds. The van der Waals surface area contributed by atoms with Crippen molar-refractivity contribution in [1.29, 1.82) is 0 Å². The minimum absolute atomic E-state index is 0.0300. The molecular weight excluding hydrogens is 148 g/mol. The van der Waals surface area contributed by atoms with Crippen LogP contribution in [0.3, 0.4) is 0 Å². The molecule has 0 radical (unpaired) electrons. The minimum atomic E-state index is -0.0300. The van der Waals surface area contributed by atoms with Crippen molar-refractivity contribution in [1.82, 2.24) is 4.90 Å². The molecule has 1 saturated carbocycles. The molecule has 1 fully saturated rings. The third-order valence-electron chi connectivity index (χ3n) is 2.18. The van der Waals surface area contributed by atoms with Crippen LogP contribution in [0.25, 0.3) is 0 Å². The molecule has 0 heterocycles. The summed E-state index contributed by atoms with van der Waals surface area (Å²) in [5.41, 5.74) is 5.96. The molecule has 72 valence electrons. The summed E-state index contributed by atoms with van der Waals surface area (Å²) in [5, 5.41) is 0. The van der Waals surface area contributed by atoms with Crippen molar-refractivity contribution >= 4 is 0 Å². The van der Waals surface area contributed by atoms with Crippen LogP contribution in [-0.4, -0.2) is 29.6 Å². The van der Waals surface area contributed by atoms with Crippen molar-refractivity contribution in [3.63, 3.8) is 0 Å². The third-order valence-corrected chi connectivity index (χ3v) is 2.18. The summed E-state index contributed by atoms with van der Waals surface area (Å²) in [6, 6.07) is 0.854. The standard InChI is InChI=1S/C10H22N2/c1-4-7-12(9-5-6-9)8-10(2,3)11/h9H,4-8,11H2,1-3H3. The monoisotopic (exact) mass is 170 g/mol. The number of hydrogen-bond donors (Lipinski definition) is 1. The second-order valence-corrected chi connectivity index (χ2v) is 4.69. The summed E-state index contributed by atoms with van der Waals surface area (Å²) in [6.07, 6.45) is 4.01. The Morgan fingerprint density at radius 1 is 1.42 bits per heavy atom. The Morgan fingerprint density at radius 2 is 2.00 bits per heavy atom. The van der Waals surface area contributed by atoms with Crippen LogP contribution in [0, 0.1) is 0 Å². The highest BCUT2D eigenvalue weighted by molar-refractivity contribution is 4.88. The van der Waals surface area contributed by atoms with E-state index in [1.165, 1.54) is 25.8 Å². The van der Waals surface area contributed by atoms with Gasteiger partial charge in [-0.2, -0.15) is 0 Å². The van der Waals surface area contributed by atoms with E-state index in [2.05, 4.69) is 25.7 Å². The lowest BCUT2D eigenvalue weighted by Crippen LogP contribution is -2.46. The molecule has 0 aromatic carbocycles. The van der Waals surface area contributed by atoms with Gasteiger partial charge in [0.05, 0.1) is 0 Å². The maximum absolute atomic E-state index is 5.99. The lowest BCUT2D eigenvalue weighted by atomic mass is 10.1. The summed E-state index contributed by atoms with van der Waals surface area (Å²) < 4.78 is 0. The highest BCUT2D eigenvalue weighted by Crippen LogP contribution is 2.27. The molecule has 0 spiro atoms. The Kier molecular flexibility index (Phi) is 3.13. The SMILES string of the molecule is CCCN(CC(C)(C)N)C1CC1. The van der Waals surface area contributed by atoms with Gasteiger partial charge in [-0.25, -0.2) is 0 Å². The van der Waals surface area contributed by atoms with Gasteiger partial charge in [-0.1, -0.05) is 6.92 Å². The van der Waals surface area contributed by atoms with Crippen LogP contribution in [0.1, 0.15) is 40.0 Å². The fraction of sp³-hybridized carbons (Fsp3) is 1.00. The first kappa shape index (κ1) is 10.0. The molecule has 1 rings (SSSR count). The van der Waals surface area contributed by atoms with Crippen molar-refractivity contribution in [3.8, 4) is 0 Å². The second-order valence-electron chi connectivity index (χ2n) is 4.69. The number of nitrogens with two attached hydrogens (primary N) is 1. The zero-order valence-electron chi connectivity index (χ0n) is 8.64. The number of hydrogen-bond acceptors (Lipinski definition) is 2. The Balaban J connectivity index is 2.32. The zero-order valence-corrected chi connectivity index (χ0v) is 8.64. The van der Waals surface area contributed by atoms with E-state index in [-0.39, 0.29) is 5.54 Å². The summed E-state index contributed by atoms with van der Waals surface area (Å²) >= 11 is 0. The summed E-state index contributed by atoms with van der Waals surface area (Å²) in [6.45, 7) is 8.71. The van der Waals surface area contributed by atoms with Gasteiger partial charge in [-0.3, -0.25) is 4.90 Å². The second kappa shape index (κ2) is 3.75. The Labute approximate surface area is 76.1 Å². The van der Waals surface area contributed by atoms with Crippen molar-refractivity contribution in [2.45, 2.75) is 51.6 Å². The molecule has 1 aliphatic rings. The van der Waals surface area contributed by atoms with Gasteiger partial charge in [-0.15, -0.1) is 0 Å². The molecule has 0 aliphatic heterocycles. The molecular formula is C10H22N2. The van der Waals surface area contributed by atoms with Gasteiger partial charge in [-0.05, 0) is 39.7 Å². The first-order valence-corrected chi connectivity index (χ1v) is 5.06. The van der Waals surface area contributed by atoms with E-state index >= 15 is 0 Å². The summed E-state index contributed by atoms with van der Waals surface area (Å²) in [7, 11) is 0. The number of nitrogens with zero attached hydrogens (tertiary/aromatic N) is 1. The molecule has 0 atom stereocenters. The fourth-order valence-corrected chi connectivity index (χ4v) is 1.64. The highest BCUT2D eigenvalue weighted by Gasteiger charge is 2.30. The molecule has 2 heteroatoms. The molecule has 2 nitrogen and oxygen atoms in total. The number of rotatable bonds is 5. The van der Waals surface area contributed by atoms with Gasteiger partial charge in [0, 0.05) is 18.1 Å². The molecule has 0 unspecified atom stereocenters. The fourth-order valence-electron chi connectivity index (χ4n) is 1.64. The van der Waals surface area contributed by atoms with E-state index in [4.69, 9.17) is 5.73 Å². The van der Waals surface area contributed by atoms with E-state index in [0.29, 0.717) is 0 Å². The molecule has 1 aliphatic carbocycles. The van der Waals surface area contributed by atoms with Gasteiger partial charge in [0.2, 0.25) is 0 Å². The van der Waals surface area contributed by atoms with Crippen molar-refractivity contribution in [3.05, 3.63) is 0 Å².